The Bertz CT molecular complexity index is 132. The summed E-state index contributed by atoms with van der Waals surface area (Å²) >= 11 is 0. The van der Waals surface area contributed by atoms with Gasteiger partial charge >= 0.3 is 5.97 Å². The largest absolute Gasteiger partial charge is 0.481 e. The van der Waals surface area contributed by atoms with Crippen molar-refractivity contribution in [2.24, 2.45) is 5.92 Å². The molecule has 0 aliphatic carbocycles. The van der Waals surface area contributed by atoms with Crippen LogP contribution in [0.5, 0.6) is 0 Å². The molecule has 0 saturated carbocycles. The lowest BCUT2D eigenvalue weighted by atomic mass is 10.1. The molecule has 0 spiro atoms. The van der Waals surface area contributed by atoms with Crippen molar-refractivity contribution in [3.63, 3.8) is 0 Å². The second-order valence-corrected chi connectivity index (χ2v) is 2.37. The second-order valence-electron chi connectivity index (χ2n) is 2.37. The topological polar surface area (TPSA) is 37.3 Å². The molecule has 0 aromatic rings. The predicted molar refractivity (Wildman–Crippen MR) is 36.2 cm³/mol. The first-order chi connectivity index (χ1) is 4.04. The molecule has 2 nitrogen and oxygen atoms in total. The number of allylic oxidation sites excluding steroid dienone is 1. The number of aliphatic carboxylic acids is 1. The Kier molecular flexibility index (Phi) is 2.99. The van der Waals surface area contributed by atoms with Gasteiger partial charge in [0, 0.05) is 0 Å². The Balaban J connectivity index is 3.91. The lowest BCUT2D eigenvalue weighted by Crippen LogP contribution is -2.05. The van der Waals surface area contributed by atoms with Crippen LogP contribution in [0.2, 0.25) is 0 Å². The molecule has 0 aliphatic heterocycles. The Hall–Kier alpha value is -0.790. The first-order valence-electron chi connectivity index (χ1n) is 2.92. The van der Waals surface area contributed by atoms with Crippen molar-refractivity contribution in [3.05, 3.63) is 11.6 Å². The SMILES string of the molecule is CC(C)=C[C@@H](C)C(=O)O. The van der Waals surface area contributed by atoms with Crippen LogP contribution in [0.1, 0.15) is 20.8 Å². The molecule has 0 unspecified atom stereocenters. The Morgan fingerprint density at radius 2 is 2.00 bits per heavy atom. The normalized spacial score (nSPS) is 12.3. The average molecular weight is 128 g/mol. The van der Waals surface area contributed by atoms with Gasteiger partial charge in [0.1, 0.15) is 0 Å². The van der Waals surface area contributed by atoms with E-state index in [9.17, 15) is 4.79 Å². The molecule has 52 valence electrons. The van der Waals surface area contributed by atoms with Gasteiger partial charge < -0.3 is 5.11 Å². The number of carboxylic acids is 1. The number of rotatable bonds is 2. The third kappa shape index (κ3) is 3.76. The van der Waals surface area contributed by atoms with E-state index in [2.05, 4.69) is 0 Å². The standard InChI is InChI=1S/C7H12O2/c1-5(2)4-6(3)7(8)9/h4,6H,1-3H3,(H,8,9)/t6-/m1/s1. The summed E-state index contributed by atoms with van der Waals surface area (Å²) in [5, 5.41) is 8.39. The molecule has 0 rings (SSSR count). The van der Waals surface area contributed by atoms with E-state index in [0.717, 1.165) is 5.57 Å². The zero-order chi connectivity index (χ0) is 7.44. The minimum atomic E-state index is -0.767. The molecular formula is C7H12O2. The van der Waals surface area contributed by atoms with Gasteiger partial charge in [0.2, 0.25) is 0 Å². The van der Waals surface area contributed by atoms with Gasteiger partial charge in [0.15, 0.2) is 0 Å². The molecule has 0 fully saturated rings. The van der Waals surface area contributed by atoms with Gasteiger partial charge in [-0.1, -0.05) is 11.6 Å². The van der Waals surface area contributed by atoms with Crippen molar-refractivity contribution in [3.8, 4) is 0 Å². The molecule has 0 aliphatic rings. The van der Waals surface area contributed by atoms with Crippen LogP contribution in [0.15, 0.2) is 11.6 Å². The molecule has 1 atom stereocenters. The van der Waals surface area contributed by atoms with Gasteiger partial charge in [-0.15, -0.1) is 0 Å². The van der Waals surface area contributed by atoms with Gasteiger partial charge in [0.05, 0.1) is 5.92 Å². The zero-order valence-corrected chi connectivity index (χ0v) is 6.01. The quantitative estimate of drug-likeness (QED) is 0.574. The van der Waals surface area contributed by atoms with Crippen molar-refractivity contribution in [1.82, 2.24) is 0 Å². The summed E-state index contributed by atoms with van der Waals surface area (Å²) in [4.78, 5) is 10.2. The first kappa shape index (κ1) is 8.21. The maximum atomic E-state index is 10.2. The highest BCUT2D eigenvalue weighted by molar-refractivity contribution is 5.71. The van der Waals surface area contributed by atoms with Gasteiger partial charge in [0.25, 0.3) is 0 Å². The van der Waals surface area contributed by atoms with E-state index in [-0.39, 0.29) is 5.92 Å². The fourth-order valence-corrected chi connectivity index (χ4v) is 0.571. The number of carboxylic acid groups (broad SMARTS) is 1. The Morgan fingerprint density at radius 3 is 2.11 bits per heavy atom. The maximum absolute atomic E-state index is 10.2. The molecule has 1 N–H and O–H groups in total. The van der Waals surface area contributed by atoms with Crippen molar-refractivity contribution < 1.29 is 9.90 Å². The molecule has 9 heavy (non-hydrogen) atoms. The highest BCUT2D eigenvalue weighted by Crippen LogP contribution is 2.00. The molecule has 0 aromatic heterocycles. The maximum Gasteiger partial charge on any atom is 0.310 e. The van der Waals surface area contributed by atoms with E-state index in [1.807, 2.05) is 13.8 Å². The monoisotopic (exact) mass is 128 g/mol. The van der Waals surface area contributed by atoms with Crippen LogP contribution in [0, 0.1) is 5.92 Å². The second kappa shape index (κ2) is 3.28. The molecular weight excluding hydrogens is 116 g/mol. The van der Waals surface area contributed by atoms with Crippen LogP contribution < -0.4 is 0 Å². The predicted octanol–water partition coefficient (Wildman–Crippen LogP) is 1.67. The summed E-state index contributed by atoms with van der Waals surface area (Å²) < 4.78 is 0. The van der Waals surface area contributed by atoms with Crippen LogP contribution in [0.3, 0.4) is 0 Å². The Morgan fingerprint density at radius 1 is 1.56 bits per heavy atom. The van der Waals surface area contributed by atoms with Crippen molar-refractivity contribution >= 4 is 5.97 Å². The zero-order valence-electron chi connectivity index (χ0n) is 6.01. The van der Waals surface area contributed by atoms with Crippen molar-refractivity contribution in [1.29, 1.82) is 0 Å². The lowest BCUT2D eigenvalue weighted by Gasteiger charge is -1.97. The van der Waals surface area contributed by atoms with E-state index in [4.69, 9.17) is 5.11 Å². The summed E-state index contributed by atoms with van der Waals surface area (Å²) in [6.07, 6.45) is 1.72. The summed E-state index contributed by atoms with van der Waals surface area (Å²) in [7, 11) is 0. The minimum Gasteiger partial charge on any atom is -0.481 e. The van der Waals surface area contributed by atoms with Gasteiger partial charge in [-0.25, -0.2) is 0 Å². The summed E-state index contributed by atoms with van der Waals surface area (Å²) in [6, 6.07) is 0. The highest BCUT2D eigenvalue weighted by atomic mass is 16.4. The van der Waals surface area contributed by atoms with E-state index < -0.39 is 5.97 Å². The third-order valence-electron chi connectivity index (χ3n) is 0.973. The van der Waals surface area contributed by atoms with Crippen LogP contribution in [-0.4, -0.2) is 11.1 Å². The summed E-state index contributed by atoms with van der Waals surface area (Å²) in [6.45, 7) is 5.44. The third-order valence-corrected chi connectivity index (χ3v) is 0.973. The molecule has 0 heterocycles. The number of hydrogen-bond donors (Lipinski definition) is 1. The van der Waals surface area contributed by atoms with Crippen LogP contribution in [0.25, 0.3) is 0 Å². The summed E-state index contributed by atoms with van der Waals surface area (Å²) in [5.41, 5.74) is 1.05. The first-order valence-corrected chi connectivity index (χ1v) is 2.92. The summed E-state index contributed by atoms with van der Waals surface area (Å²) in [5.74, 6) is -1.12. The fraction of sp³-hybridized carbons (Fsp3) is 0.571. The molecule has 0 bridgehead atoms. The average Bonchev–Trinajstić information content (AvgIpc) is 1.63. The van der Waals surface area contributed by atoms with Crippen LogP contribution in [0.4, 0.5) is 0 Å². The Labute approximate surface area is 55.2 Å². The number of carbonyl (C=O) groups is 1. The van der Waals surface area contributed by atoms with Gasteiger partial charge in [-0.2, -0.15) is 0 Å². The lowest BCUT2D eigenvalue weighted by molar-refractivity contribution is -0.139. The highest BCUT2D eigenvalue weighted by Gasteiger charge is 2.04. The minimum absolute atomic E-state index is 0.352. The van der Waals surface area contributed by atoms with E-state index in [0.29, 0.717) is 0 Å². The smallest absolute Gasteiger partial charge is 0.310 e. The van der Waals surface area contributed by atoms with E-state index in [1.54, 1.807) is 13.0 Å². The van der Waals surface area contributed by atoms with E-state index >= 15 is 0 Å². The molecule has 2 heteroatoms. The van der Waals surface area contributed by atoms with Crippen LogP contribution in [-0.2, 0) is 4.79 Å². The molecule has 0 radical (unpaired) electrons. The molecule has 0 amide bonds. The van der Waals surface area contributed by atoms with E-state index in [1.165, 1.54) is 0 Å². The molecule has 0 aromatic carbocycles. The van der Waals surface area contributed by atoms with Gasteiger partial charge in [-0.05, 0) is 20.8 Å². The fourth-order valence-electron chi connectivity index (χ4n) is 0.571. The van der Waals surface area contributed by atoms with Crippen molar-refractivity contribution in [2.45, 2.75) is 20.8 Å². The molecule has 0 saturated heterocycles. The van der Waals surface area contributed by atoms with Crippen molar-refractivity contribution in [2.75, 3.05) is 0 Å². The van der Waals surface area contributed by atoms with Gasteiger partial charge in [-0.3, -0.25) is 4.79 Å². The van der Waals surface area contributed by atoms with Crippen LogP contribution >= 0.6 is 0 Å². The number of hydrogen-bond acceptors (Lipinski definition) is 1.